The third-order valence-electron chi connectivity index (χ3n) is 3.20. The normalized spacial score (nSPS) is 11.1. The second-order valence-corrected chi connectivity index (χ2v) is 4.66. The molecule has 1 aromatic carbocycles. The molecule has 2 aromatic heterocycles. The number of fused-ring (bicyclic) bond motifs is 1. The highest BCUT2D eigenvalue weighted by Gasteiger charge is 2.09. The SMILES string of the molecule is CCCNCc1cnnn1-c1cccc2ncccc12. The van der Waals surface area contributed by atoms with Crippen molar-refractivity contribution in [2.24, 2.45) is 0 Å². The molecule has 0 amide bonds. The number of nitrogens with zero attached hydrogens (tertiary/aromatic N) is 4. The molecule has 0 unspecified atom stereocenters. The van der Waals surface area contributed by atoms with Crippen LogP contribution in [0.25, 0.3) is 16.6 Å². The van der Waals surface area contributed by atoms with E-state index in [9.17, 15) is 0 Å². The standard InChI is InChI=1S/C15H17N5/c1-2-8-16-10-12-11-18-19-20(12)15-7-3-6-14-13(15)5-4-9-17-14/h3-7,9,11,16H,2,8,10H2,1H3. The summed E-state index contributed by atoms with van der Waals surface area (Å²) in [7, 11) is 0. The first-order valence-corrected chi connectivity index (χ1v) is 6.84. The lowest BCUT2D eigenvalue weighted by Crippen LogP contribution is -2.16. The summed E-state index contributed by atoms with van der Waals surface area (Å²) in [6, 6.07) is 10.0. The van der Waals surface area contributed by atoms with Crippen molar-refractivity contribution in [1.29, 1.82) is 0 Å². The second kappa shape index (κ2) is 5.79. The summed E-state index contributed by atoms with van der Waals surface area (Å²) in [6.07, 6.45) is 4.72. The van der Waals surface area contributed by atoms with E-state index in [1.165, 1.54) is 0 Å². The Morgan fingerprint density at radius 1 is 1.20 bits per heavy atom. The Kier molecular flexibility index (Phi) is 3.69. The Morgan fingerprint density at radius 3 is 3.05 bits per heavy atom. The molecule has 5 nitrogen and oxygen atoms in total. The molecule has 0 saturated carbocycles. The molecule has 102 valence electrons. The largest absolute Gasteiger partial charge is 0.311 e. The maximum atomic E-state index is 4.38. The molecule has 0 spiro atoms. The van der Waals surface area contributed by atoms with Crippen LogP contribution in [-0.4, -0.2) is 26.5 Å². The molecule has 1 N–H and O–H groups in total. The van der Waals surface area contributed by atoms with Gasteiger partial charge in [-0.05, 0) is 37.2 Å². The molecular formula is C15H17N5. The molecule has 0 aliphatic heterocycles. The Labute approximate surface area is 117 Å². The van der Waals surface area contributed by atoms with Crippen molar-refractivity contribution in [2.45, 2.75) is 19.9 Å². The topological polar surface area (TPSA) is 55.6 Å². The highest BCUT2D eigenvalue weighted by Crippen LogP contribution is 2.20. The molecule has 0 bridgehead atoms. The molecule has 3 rings (SSSR count). The van der Waals surface area contributed by atoms with Crippen LogP contribution in [0.15, 0.2) is 42.7 Å². The van der Waals surface area contributed by atoms with Gasteiger partial charge in [0.15, 0.2) is 0 Å². The van der Waals surface area contributed by atoms with E-state index >= 15 is 0 Å². The van der Waals surface area contributed by atoms with Crippen LogP contribution in [0.4, 0.5) is 0 Å². The first kappa shape index (κ1) is 12.7. The molecule has 0 aliphatic rings. The van der Waals surface area contributed by atoms with Crippen molar-refractivity contribution < 1.29 is 0 Å². The molecule has 0 fully saturated rings. The van der Waals surface area contributed by atoms with Gasteiger partial charge in [-0.1, -0.05) is 18.2 Å². The number of rotatable bonds is 5. The number of hydrogen-bond acceptors (Lipinski definition) is 4. The van der Waals surface area contributed by atoms with E-state index in [1.807, 2.05) is 28.9 Å². The third kappa shape index (κ3) is 2.40. The molecule has 0 atom stereocenters. The molecule has 0 radical (unpaired) electrons. The Balaban J connectivity index is 2.01. The highest BCUT2D eigenvalue weighted by atomic mass is 15.4. The molecule has 2 heterocycles. The number of hydrogen-bond donors (Lipinski definition) is 1. The first-order valence-electron chi connectivity index (χ1n) is 6.84. The lowest BCUT2D eigenvalue weighted by Gasteiger charge is -2.09. The molecule has 0 aliphatic carbocycles. The third-order valence-corrected chi connectivity index (χ3v) is 3.20. The van der Waals surface area contributed by atoms with E-state index in [2.05, 4.69) is 33.6 Å². The Morgan fingerprint density at radius 2 is 2.15 bits per heavy atom. The maximum Gasteiger partial charge on any atom is 0.0783 e. The van der Waals surface area contributed by atoms with Gasteiger partial charge in [0.05, 0.1) is 23.1 Å². The van der Waals surface area contributed by atoms with Crippen molar-refractivity contribution >= 4 is 10.9 Å². The van der Waals surface area contributed by atoms with E-state index in [0.29, 0.717) is 0 Å². The van der Waals surface area contributed by atoms with Crippen LogP contribution in [0.2, 0.25) is 0 Å². The van der Waals surface area contributed by atoms with Gasteiger partial charge in [-0.25, -0.2) is 4.68 Å². The van der Waals surface area contributed by atoms with Crippen molar-refractivity contribution in [1.82, 2.24) is 25.3 Å². The van der Waals surface area contributed by atoms with E-state index in [1.54, 1.807) is 12.4 Å². The van der Waals surface area contributed by atoms with Crippen LogP contribution in [-0.2, 0) is 6.54 Å². The summed E-state index contributed by atoms with van der Waals surface area (Å²) < 4.78 is 1.88. The summed E-state index contributed by atoms with van der Waals surface area (Å²) in [5.74, 6) is 0. The fourth-order valence-electron chi connectivity index (χ4n) is 2.24. The van der Waals surface area contributed by atoms with Crippen LogP contribution in [0, 0.1) is 0 Å². The average Bonchev–Trinajstić information content (AvgIpc) is 2.95. The van der Waals surface area contributed by atoms with Crippen molar-refractivity contribution in [3.63, 3.8) is 0 Å². The molecule has 5 heteroatoms. The molecular weight excluding hydrogens is 250 g/mol. The fourth-order valence-corrected chi connectivity index (χ4v) is 2.24. The summed E-state index contributed by atoms with van der Waals surface area (Å²) in [5.41, 5.74) is 3.03. The number of aromatic nitrogens is 4. The van der Waals surface area contributed by atoms with E-state index in [4.69, 9.17) is 0 Å². The summed E-state index contributed by atoms with van der Waals surface area (Å²) in [5, 5.41) is 12.7. The average molecular weight is 267 g/mol. The van der Waals surface area contributed by atoms with Gasteiger partial charge >= 0.3 is 0 Å². The van der Waals surface area contributed by atoms with Crippen molar-refractivity contribution in [3.8, 4) is 5.69 Å². The van der Waals surface area contributed by atoms with Gasteiger partial charge in [0, 0.05) is 18.1 Å². The Bertz CT molecular complexity index is 699. The van der Waals surface area contributed by atoms with Crippen molar-refractivity contribution in [2.75, 3.05) is 6.54 Å². The molecule has 0 saturated heterocycles. The zero-order valence-electron chi connectivity index (χ0n) is 11.5. The zero-order chi connectivity index (χ0) is 13.8. The van der Waals surface area contributed by atoms with Gasteiger partial charge in [-0.2, -0.15) is 0 Å². The smallest absolute Gasteiger partial charge is 0.0783 e. The number of benzene rings is 1. The predicted octanol–water partition coefficient (Wildman–Crippen LogP) is 2.32. The summed E-state index contributed by atoms with van der Waals surface area (Å²) in [4.78, 5) is 4.38. The minimum Gasteiger partial charge on any atom is -0.311 e. The minimum atomic E-state index is 0.761. The van der Waals surface area contributed by atoms with Crippen LogP contribution >= 0.6 is 0 Å². The quantitative estimate of drug-likeness (QED) is 0.721. The summed E-state index contributed by atoms with van der Waals surface area (Å²) >= 11 is 0. The maximum absolute atomic E-state index is 4.38. The van der Waals surface area contributed by atoms with Crippen molar-refractivity contribution in [3.05, 3.63) is 48.4 Å². The van der Waals surface area contributed by atoms with Gasteiger partial charge in [-0.3, -0.25) is 4.98 Å². The lowest BCUT2D eigenvalue weighted by atomic mass is 10.2. The minimum absolute atomic E-state index is 0.761. The monoisotopic (exact) mass is 267 g/mol. The Hall–Kier alpha value is -2.27. The molecule has 20 heavy (non-hydrogen) atoms. The number of nitrogens with one attached hydrogen (secondary N) is 1. The van der Waals surface area contributed by atoms with Crippen LogP contribution in [0.1, 0.15) is 19.0 Å². The zero-order valence-corrected chi connectivity index (χ0v) is 11.5. The van der Waals surface area contributed by atoms with Crippen LogP contribution in [0.3, 0.4) is 0 Å². The predicted molar refractivity (Wildman–Crippen MR) is 78.7 cm³/mol. The lowest BCUT2D eigenvalue weighted by molar-refractivity contribution is 0.642. The summed E-state index contributed by atoms with van der Waals surface area (Å²) in [6.45, 7) is 3.90. The first-order chi connectivity index (χ1) is 9.90. The van der Waals surface area contributed by atoms with Gasteiger partial charge in [0.2, 0.25) is 0 Å². The second-order valence-electron chi connectivity index (χ2n) is 4.66. The van der Waals surface area contributed by atoms with Gasteiger partial charge in [-0.15, -0.1) is 5.10 Å². The highest BCUT2D eigenvalue weighted by molar-refractivity contribution is 5.86. The van der Waals surface area contributed by atoms with E-state index < -0.39 is 0 Å². The van der Waals surface area contributed by atoms with Gasteiger partial charge in [0.1, 0.15) is 0 Å². The van der Waals surface area contributed by atoms with Gasteiger partial charge in [0.25, 0.3) is 0 Å². The molecule has 3 aromatic rings. The van der Waals surface area contributed by atoms with E-state index in [-0.39, 0.29) is 0 Å². The van der Waals surface area contributed by atoms with Crippen LogP contribution in [0.5, 0.6) is 0 Å². The fraction of sp³-hybridized carbons (Fsp3) is 0.267. The van der Waals surface area contributed by atoms with E-state index in [0.717, 1.165) is 41.8 Å². The number of pyridine rings is 1. The van der Waals surface area contributed by atoms with Crippen LogP contribution < -0.4 is 5.32 Å². The van der Waals surface area contributed by atoms with Gasteiger partial charge < -0.3 is 5.32 Å².